The first-order valence-corrected chi connectivity index (χ1v) is 4.29. The third-order valence-corrected chi connectivity index (χ3v) is 2.44. The molecule has 12 heavy (non-hydrogen) atoms. The summed E-state index contributed by atoms with van der Waals surface area (Å²) in [4.78, 5) is 0. The van der Waals surface area contributed by atoms with Crippen LogP contribution in [-0.2, 0) is 4.74 Å². The van der Waals surface area contributed by atoms with E-state index in [2.05, 4.69) is 5.23 Å². The van der Waals surface area contributed by atoms with Crippen molar-refractivity contribution in [3.05, 3.63) is 0 Å². The maximum Gasteiger partial charge on any atom is 0.234 e. The molecule has 0 radical (unpaired) electrons. The molecule has 3 N–H and O–H groups in total. The van der Waals surface area contributed by atoms with E-state index in [0.717, 1.165) is 0 Å². The van der Waals surface area contributed by atoms with E-state index in [1.807, 2.05) is 14.0 Å². The number of ether oxygens (including phenoxy) is 1. The Hall–Kier alpha value is -0.0951. The van der Waals surface area contributed by atoms with Crippen LogP contribution < -0.4 is 5.23 Å². The van der Waals surface area contributed by atoms with E-state index >= 15 is 0 Å². The zero-order valence-corrected chi connectivity index (χ0v) is 7.53. The molecule has 1 saturated heterocycles. The van der Waals surface area contributed by atoms with Gasteiger partial charge in [-0.25, -0.2) is 0 Å². The lowest BCUT2D eigenvalue weighted by atomic mass is 9.77. The van der Waals surface area contributed by atoms with Gasteiger partial charge in [-0.2, -0.15) is 0 Å². The highest BCUT2D eigenvalue weighted by molar-refractivity contribution is 6.34. The summed E-state index contributed by atoms with van der Waals surface area (Å²) in [6.45, 7) is 1.83. The summed E-state index contributed by atoms with van der Waals surface area (Å²) < 4.78 is 5.41. The standard InChI is InChI=1S/C7H16BNO3/c1-4-6(11)5(3-10)12-7(4)8-9-2/h4-11H,3H2,1-2H3/t4-,5+,6?,7+/m0/s1. The fraction of sp³-hybridized carbons (Fsp3) is 1.00. The number of rotatable bonds is 3. The van der Waals surface area contributed by atoms with Crippen LogP contribution in [0.25, 0.3) is 0 Å². The number of hydrogen-bond donors (Lipinski definition) is 3. The van der Waals surface area contributed by atoms with Crippen molar-refractivity contribution in [3.63, 3.8) is 0 Å². The molecule has 1 aliphatic heterocycles. The highest BCUT2D eigenvalue weighted by Gasteiger charge is 2.40. The Bertz CT molecular complexity index is 147. The lowest BCUT2D eigenvalue weighted by Crippen LogP contribution is -2.33. The SMILES string of the molecule is CNB[C@@H]1O[C@H](CO)C(O)[C@@H]1C. The largest absolute Gasteiger partial charge is 0.394 e. The van der Waals surface area contributed by atoms with E-state index in [1.54, 1.807) is 0 Å². The summed E-state index contributed by atoms with van der Waals surface area (Å²) in [5.41, 5.74) is 0. The van der Waals surface area contributed by atoms with Gasteiger partial charge < -0.3 is 20.2 Å². The second kappa shape index (κ2) is 4.23. The molecule has 0 aromatic rings. The van der Waals surface area contributed by atoms with E-state index in [-0.39, 0.29) is 18.5 Å². The van der Waals surface area contributed by atoms with Gasteiger partial charge >= 0.3 is 0 Å². The lowest BCUT2D eigenvalue weighted by molar-refractivity contribution is -0.00569. The molecule has 1 aliphatic rings. The molecule has 70 valence electrons. The van der Waals surface area contributed by atoms with Gasteiger partial charge in [-0.15, -0.1) is 0 Å². The van der Waals surface area contributed by atoms with Crippen molar-refractivity contribution in [2.24, 2.45) is 5.92 Å². The first kappa shape index (κ1) is 9.99. The van der Waals surface area contributed by atoms with Crippen molar-refractivity contribution >= 4 is 7.41 Å². The normalized spacial score (nSPS) is 41.7. The predicted octanol–water partition coefficient (Wildman–Crippen LogP) is -1.73. The molecule has 1 fully saturated rings. The summed E-state index contributed by atoms with van der Waals surface area (Å²) in [6, 6.07) is 0.0159. The van der Waals surface area contributed by atoms with Crippen molar-refractivity contribution in [1.82, 2.24) is 5.23 Å². The van der Waals surface area contributed by atoms with Crippen LogP contribution >= 0.6 is 0 Å². The molecule has 4 nitrogen and oxygen atoms in total. The van der Waals surface area contributed by atoms with Crippen molar-refractivity contribution in [2.45, 2.75) is 25.1 Å². The van der Waals surface area contributed by atoms with Crippen LogP contribution in [0.5, 0.6) is 0 Å². The third kappa shape index (κ3) is 1.80. The van der Waals surface area contributed by atoms with Crippen LogP contribution in [0, 0.1) is 5.92 Å². The highest BCUT2D eigenvalue weighted by Crippen LogP contribution is 2.25. The summed E-state index contributed by atoms with van der Waals surface area (Å²) in [7, 11) is 2.56. The van der Waals surface area contributed by atoms with Gasteiger partial charge in [0.05, 0.1) is 18.7 Å². The minimum Gasteiger partial charge on any atom is -0.394 e. The van der Waals surface area contributed by atoms with E-state index in [1.165, 1.54) is 0 Å². The quantitative estimate of drug-likeness (QED) is 0.444. The van der Waals surface area contributed by atoms with Gasteiger partial charge in [-0.1, -0.05) is 6.92 Å². The van der Waals surface area contributed by atoms with Crippen LogP contribution in [0.3, 0.4) is 0 Å². The first-order chi connectivity index (χ1) is 5.70. The summed E-state index contributed by atoms with van der Waals surface area (Å²) in [5, 5.41) is 21.4. The Labute approximate surface area is 73.2 Å². The second-order valence-corrected chi connectivity index (χ2v) is 3.30. The molecule has 1 rings (SSSR count). The Kier molecular flexibility index (Phi) is 3.52. The molecule has 0 saturated carbocycles. The van der Waals surface area contributed by atoms with E-state index in [9.17, 15) is 5.11 Å². The summed E-state index contributed by atoms with van der Waals surface area (Å²) in [5.74, 6) is 0.0922. The lowest BCUT2D eigenvalue weighted by Gasteiger charge is -2.12. The second-order valence-electron chi connectivity index (χ2n) is 3.30. The molecule has 0 spiro atoms. The fourth-order valence-electron chi connectivity index (χ4n) is 1.57. The van der Waals surface area contributed by atoms with Gasteiger partial charge in [0.1, 0.15) is 6.10 Å². The molecular weight excluding hydrogens is 157 g/mol. The number of aliphatic hydroxyl groups excluding tert-OH is 2. The van der Waals surface area contributed by atoms with Crippen LogP contribution in [0.2, 0.25) is 0 Å². The molecule has 0 aromatic heterocycles. The maximum absolute atomic E-state index is 9.54. The van der Waals surface area contributed by atoms with Gasteiger partial charge in [-0.05, 0) is 7.05 Å². The molecule has 5 heteroatoms. The summed E-state index contributed by atoms with van der Waals surface area (Å²) in [6.07, 6.45) is -0.938. The molecule has 0 amide bonds. The van der Waals surface area contributed by atoms with Crippen molar-refractivity contribution in [1.29, 1.82) is 0 Å². The third-order valence-electron chi connectivity index (χ3n) is 2.44. The van der Waals surface area contributed by atoms with Gasteiger partial charge in [0.25, 0.3) is 0 Å². The Morgan fingerprint density at radius 2 is 2.25 bits per heavy atom. The minimum atomic E-state index is -0.534. The Morgan fingerprint density at radius 3 is 2.67 bits per heavy atom. The molecule has 1 heterocycles. The number of nitrogens with one attached hydrogen (secondary N) is 1. The van der Waals surface area contributed by atoms with Crippen LogP contribution in [0.1, 0.15) is 6.92 Å². The molecule has 0 aromatic carbocycles. The van der Waals surface area contributed by atoms with E-state index < -0.39 is 12.2 Å². The average Bonchev–Trinajstić information content (AvgIpc) is 2.33. The van der Waals surface area contributed by atoms with Gasteiger partial charge in [-0.3, -0.25) is 0 Å². The van der Waals surface area contributed by atoms with Crippen molar-refractivity contribution in [2.75, 3.05) is 13.7 Å². The summed E-state index contributed by atoms with van der Waals surface area (Å²) >= 11 is 0. The van der Waals surface area contributed by atoms with Gasteiger partial charge in [0, 0.05) is 5.92 Å². The highest BCUT2D eigenvalue weighted by atomic mass is 16.5. The monoisotopic (exact) mass is 173 g/mol. The zero-order chi connectivity index (χ0) is 9.14. The maximum atomic E-state index is 9.54. The average molecular weight is 173 g/mol. The van der Waals surface area contributed by atoms with Crippen LogP contribution in [-0.4, -0.2) is 49.5 Å². The smallest absolute Gasteiger partial charge is 0.234 e. The number of aliphatic hydroxyl groups is 2. The predicted molar refractivity (Wildman–Crippen MR) is 47.1 cm³/mol. The minimum absolute atomic E-state index is 0.0159. The number of hydrogen-bond acceptors (Lipinski definition) is 4. The molecular formula is C7H16BNO3. The van der Waals surface area contributed by atoms with Gasteiger partial charge in [0.15, 0.2) is 0 Å². The molecule has 1 unspecified atom stereocenters. The fourth-order valence-corrected chi connectivity index (χ4v) is 1.57. The van der Waals surface area contributed by atoms with E-state index in [4.69, 9.17) is 9.84 Å². The molecule has 0 bridgehead atoms. The van der Waals surface area contributed by atoms with Crippen molar-refractivity contribution in [3.8, 4) is 0 Å². The van der Waals surface area contributed by atoms with Crippen molar-refractivity contribution < 1.29 is 14.9 Å². The van der Waals surface area contributed by atoms with E-state index in [0.29, 0.717) is 7.41 Å². The van der Waals surface area contributed by atoms with Crippen LogP contribution in [0.4, 0.5) is 0 Å². The Balaban J connectivity index is 2.48. The molecule has 0 aliphatic carbocycles. The van der Waals surface area contributed by atoms with Gasteiger partial charge in [0.2, 0.25) is 7.41 Å². The zero-order valence-electron chi connectivity index (χ0n) is 7.53. The van der Waals surface area contributed by atoms with Crippen LogP contribution in [0.15, 0.2) is 0 Å². The molecule has 4 atom stereocenters. The topological polar surface area (TPSA) is 61.7 Å². The Morgan fingerprint density at radius 1 is 1.58 bits per heavy atom. The first-order valence-electron chi connectivity index (χ1n) is 4.29.